The minimum atomic E-state index is -0.457. The van der Waals surface area contributed by atoms with Gasteiger partial charge in [0.05, 0.1) is 16.0 Å². The number of carbonyl (C=O) groups is 1. The van der Waals surface area contributed by atoms with Gasteiger partial charge in [0.25, 0.3) is 0 Å². The Labute approximate surface area is 153 Å². The van der Waals surface area contributed by atoms with Crippen molar-refractivity contribution >= 4 is 35.0 Å². The van der Waals surface area contributed by atoms with Crippen molar-refractivity contribution in [3.63, 3.8) is 0 Å². The Balaban J connectivity index is 1.71. The summed E-state index contributed by atoms with van der Waals surface area (Å²) < 4.78 is 14.9. The Morgan fingerprint density at radius 1 is 1.28 bits per heavy atom. The first kappa shape index (κ1) is 17.4. The van der Waals surface area contributed by atoms with Crippen LogP contribution in [-0.2, 0) is 4.79 Å². The highest BCUT2D eigenvalue weighted by atomic mass is 35.5. The van der Waals surface area contributed by atoms with Gasteiger partial charge < -0.3 is 5.32 Å². The van der Waals surface area contributed by atoms with Crippen LogP contribution in [0.5, 0.6) is 0 Å². The SMILES string of the molecule is C[C@H](Sc1nncn1-c1ccccc1)C(=O)Nc1ccc(F)cc1Cl. The maximum absolute atomic E-state index is 13.1. The van der Waals surface area contributed by atoms with Crippen LogP contribution in [0.15, 0.2) is 60.0 Å². The van der Waals surface area contributed by atoms with Crippen LogP contribution in [0.25, 0.3) is 5.69 Å². The van der Waals surface area contributed by atoms with Crippen molar-refractivity contribution in [3.05, 3.63) is 65.7 Å². The third kappa shape index (κ3) is 4.18. The second-order valence-electron chi connectivity index (χ2n) is 5.19. The normalized spacial score (nSPS) is 12.0. The van der Waals surface area contributed by atoms with Gasteiger partial charge in [0.2, 0.25) is 5.91 Å². The Morgan fingerprint density at radius 2 is 2.04 bits per heavy atom. The molecule has 0 bridgehead atoms. The van der Waals surface area contributed by atoms with E-state index in [1.54, 1.807) is 17.8 Å². The van der Waals surface area contributed by atoms with E-state index in [-0.39, 0.29) is 10.9 Å². The van der Waals surface area contributed by atoms with Crippen molar-refractivity contribution < 1.29 is 9.18 Å². The highest BCUT2D eigenvalue weighted by Gasteiger charge is 2.19. The molecule has 0 aliphatic carbocycles. The van der Waals surface area contributed by atoms with Crippen molar-refractivity contribution in [2.24, 2.45) is 0 Å². The molecule has 0 saturated heterocycles. The number of para-hydroxylation sites is 1. The predicted octanol–water partition coefficient (Wildman–Crippen LogP) is 4.18. The lowest BCUT2D eigenvalue weighted by molar-refractivity contribution is -0.115. The molecular weight excluding hydrogens is 363 g/mol. The standard InChI is InChI=1S/C17H14ClFN4OS/c1-11(16(24)21-15-8-7-12(19)9-14(15)18)25-17-22-20-10-23(17)13-5-3-2-4-6-13/h2-11H,1H3,(H,21,24)/t11-/m0/s1. The highest BCUT2D eigenvalue weighted by molar-refractivity contribution is 8.00. The Kier molecular flexibility index (Phi) is 5.35. The van der Waals surface area contributed by atoms with Gasteiger partial charge in [0, 0.05) is 5.69 Å². The van der Waals surface area contributed by atoms with Gasteiger partial charge in [-0.05, 0) is 37.3 Å². The lowest BCUT2D eigenvalue weighted by Gasteiger charge is -2.13. The minimum Gasteiger partial charge on any atom is -0.324 e. The molecule has 1 N–H and O–H groups in total. The number of nitrogens with one attached hydrogen (secondary N) is 1. The molecule has 3 rings (SSSR count). The molecule has 128 valence electrons. The second kappa shape index (κ2) is 7.67. The molecule has 0 saturated carbocycles. The van der Waals surface area contributed by atoms with Gasteiger partial charge in [-0.25, -0.2) is 4.39 Å². The number of hydrogen-bond acceptors (Lipinski definition) is 4. The van der Waals surface area contributed by atoms with Crippen LogP contribution in [0.3, 0.4) is 0 Å². The number of nitrogens with zero attached hydrogens (tertiary/aromatic N) is 3. The Hall–Kier alpha value is -2.38. The van der Waals surface area contributed by atoms with Gasteiger partial charge in [-0.3, -0.25) is 9.36 Å². The lowest BCUT2D eigenvalue weighted by Crippen LogP contribution is -2.23. The molecule has 0 aliphatic heterocycles. The maximum Gasteiger partial charge on any atom is 0.237 e. The average Bonchev–Trinajstić information content (AvgIpc) is 3.06. The topological polar surface area (TPSA) is 59.8 Å². The number of halogens is 2. The number of aromatic nitrogens is 3. The smallest absolute Gasteiger partial charge is 0.237 e. The summed E-state index contributed by atoms with van der Waals surface area (Å²) in [6.45, 7) is 1.75. The van der Waals surface area contributed by atoms with E-state index in [4.69, 9.17) is 11.6 Å². The number of rotatable bonds is 5. The third-order valence-corrected chi connectivity index (χ3v) is 4.76. The summed E-state index contributed by atoms with van der Waals surface area (Å²) in [5.74, 6) is -0.720. The molecule has 5 nitrogen and oxygen atoms in total. The van der Waals surface area contributed by atoms with E-state index >= 15 is 0 Å². The summed E-state index contributed by atoms with van der Waals surface area (Å²) in [6.07, 6.45) is 1.60. The van der Waals surface area contributed by atoms with Crippen LogP contribution in [0, 0.1) is 5.82 Å². The number of amides is 1. The largest absolute Gasteiger partial charge is 0.324 e. The molecule has 0 fully saturated rings. The van der Waals surface area contributed by atoms with Crippen molar-refractivity contribution in [2.45, 2.75) is 17.3 Å². The summed E-state index contributed by atoms with van der Waals surface area (Å²) in [7, 11) is 0. The zero-order valence-corrected chi connectivity index (χ0v) is 14.8. The van der Waals surface area contributed by atoms with Crippen LogP contribution < -0.4 is 5.32 Å². The average molecular weight is 377 g/mol. The number of anilines is 1. The molecule has 0 spiro atoms. The van der Waals surface area contributed by atoms with Gasteiger partial charge in [-0.2, -0.15) is 0 Å². The molecule has 3 aromatic rings. The zero-order chi connectivity index (χ0) is 17.8. The summed E-state index contributed by atoms with van der Waals surface area (Å²) >= 11 is 7.21. The maximum atomic E-state index is 13.1. The predicted molar refractivity (Wildman–Crippen MR) is 96.7 cm³/mol. The van der Waals surface area contributed by atoms with Crippen molar-refractivity contribution in [3.8, 4) is 5.69 Å². The van der Waals surface area contributed by atoms with Crippen molar-refractivity contribution in [1.29, 1.82) is 0 Å². The van der Waals surface area contributed by atoms with Gasteiger partial charge in [-0.1, -0.05) is 41.6 Å². The molecule has 1 atom stereocenters. The van der Waals surface area contributed by atoms with E-state index in [0.29, 0.717) is 10.8 Å². The molecule has 1 heterocycles. The molecule has 0 unspecified atom stereocenters. The number of carbonyl (C=O) groups excluding carboxylic acids is 1. The molecule has 0 radical (unpaired) electrons. The molecule has 8 heteroatoms. The van der Waals surface area contributed by atoms with Gasteiger partial charge >= 0.3 is 0 Å². The van der Waals surface area contributed by atoms with Crippen molar-refractivity contribution in [1.82, 2.24) is 14.8 Å². The van der Waals surface area contributed by atoms with E-state index in [2.05, 4.69) is 15.5 Å². The lowest BCUT2D eigenvalue weighted by atomic mass is 10.3. The summed E-state index contributed by atoms with van der Waals surface area (Å²) in [5.41, 5.74) is 1.27. The monoisotopic (exact) mass is 376 g/mol. The van der Waals surface area contributed by atoms with Crippen LogP contribution in [0.2, 0.25) is 5.02 Å². The first-order valence-corrected chi connectivity index (χ1v) is 8.68. The molecule has 2 aromatic carbocycles. The van der Waals surface area contributed by atoms with E-state index in [9.17, 15) is 9.18 Å². The Bertz CT molecular complexity index is 887. The number of hydrogen-bond donors (Lipinski definition) is 1. The van der Waals surface area contributed by atoms with Crippen LogP contribution >= 0.6 is 23.4 Å². The van der Waals surface area contributed by atoms with Gasteiger partial charge in [0.1, 0.15) is 12.1 Å². The first-order chi connectivity index (χ1) is 12.0. The minimum absolute atomic E-state index is 0.151. The van der Waals surface area contributed by atoms with E-state index in [0.717, 1.165) is 11.8 Å². The second-order valence-corrected chi connectivity index (χ2v) is 6.91. The molecule has 1 aromatic heterocycles. The quantitative estimate of drug-likeness (QED) is 0.678. The van der Waals surface area contributed by atoms with Gasteiger partial charge in [0.15, 0.2) is 5.16 Å². The van der Waals surface area contributed by atoms with E-state index in [1.807, 2.05) is 30.3 Å². The van der Waals surface area contributed by atoms with Crippen LogP contribution in [0.1, 0.15) is 6.92 Å². The first-order valence-electron chi connectivity index (χ1n) is 7.42. The summed E-state index contributed by atoms with van der Waals surface area (Å²) in [5, 5.41) is 11.0. The molecule has 25 heavy (non-hydrogen) atoms. The fourth-order valence-electron chi connectivity index (χ4n) is 2.11. The van der Waals surface area contributed by atoms with Crippen LogP contribution in [-0.4, -0.2) is 25.9 Å². The van der Waals surface area contributed by atoms with Crippen LogP contribution in [0.4, 0.5) is 10.1 Å². The molecule has 1 amide bonds. The highest BCUT2D eigenvalue weighted by Crippen LogP contribution is 2.27. The van der Waals surface area contributed by atoms with Gasteiger partial charge in [-0.15, -0.1) is 10.2 Å². The number of benzene rings is 2. The van der Waals surface area contributed by atoms with E-state index in [1.165, 1.54) is 23.9 Å². The summed E-state index contributed by atoms with van der Waals surface area (Å²) in [4.78, 5) is 12.4. The molecular formula is C17H14ClFN4OS. The number of thioether (sulfide) groups is 1. The van der Waals surface area contributed by atoms with Crippen molar-refractivity contribution in [2.75, 3.05) is 5.32 Å². The molecule has 0 aliphatic rings. The fraction of sp³-hybridized carbons (Fsp3) is 0.118. The van der Waals surface area contributed by atoms with E-state index < -0.39 is 11.1 Å². The Morgan fingerprint density at radius 3 is 2.76 bits per heavy atom. The summed E-state index contributed by atoms with van der Waals surface area (Å²) in [6, 6.07) is 13.4. The fourth-order valence-corrected chi connectivity index (χ4v) is 3.16. The third-order valence-electron chi connectivity index (χ3n) is 3.39. The zero-order valence-electron chi connectivity index (χ0n) is 13.2.